The summed E-state index contributed by atoms with van der Waals surface area (Å²) < 4.78 is 42.7. The van der Waals surface area contributed by atoms with Crippen LogP contribution in [0.15, 0.2) is 120 Å². The Hall–Kier alpha value is -4.56. The number of hydrogen-bond donors (Lipinski definition) is 0. The largest absolute Gasteiger partial charge is 0.454 e. The molecule has 2 aromatic heterocycles. The van der Waals surface area contributed by atoms with Crippen LogP contribution in [-0.4, -0.2) is 4.57 Å². The van der Waals surface area contributed by atoms with Crippen molar-refractivity contribution >= 4 is 65.3 Å². The molecule has 0 saturated heterocycles. The van der Waals surface area contributed by atoms with Crippen LogP contribution in [0.2, 0.25) is 0 Å². The molecule has 0 amide bonds. The summed E-state index contributed by atoms with van der Waals surface area (Å²) >= 11 is 0. The minimum absolute atomic E-state index is 0.0860. The fraction of sp³-hybridized carbons (Fsp3) is 0. The van der Waals surface area contributed by atoms with Gasteiger partial charge < -0.3 is 8.98 Å². The predicted octanol–water partition coefficient (Wildman–Crippen LogP) is 8.99. The fourth-order valence-electron chi connectivity index (χ4n) is 5.53. The maximum absolute atomic E-state index is 8.78. The van der Waals surface area contributed by atoms with Crippen LogP contribution in [0.3, 0.4) is 0 Å². The molecule has 0 spiro atoms. The van der Waals surface area contributed by atoms with Gasteiger partial charge in [-0.15, -0.1) is 0 Å². The van der Waals surface area contributed by atoms with E-state index < -0.39 is 0 Å². The van der Waals surface area contributed by atoms with E-state index in [1.54, 1.807) is 0 Å². The minimum atomic E-state index is -0.295. The Bertz CT molecular complexity index is 2280. The van der Waals surface area contributed by atoms with Gasteiger partial charge in [-0.1, -0.05) is 97.0 Å². The zero-order valence-electron chi connectivity index (χ0n) is 22.0. The summed E-state index contributed by atoms with van der Waals surface area (Å²) in [4.78, 5) is 0. The lowest BCUT2D eigenvalue weighted by molar-refractivity contribution is 0.671. The van der Waals surface area contributed by atoms with E-state index in [4.69, 9.17) is 9.90 Å². The Morgan fingerprint density at radius 1 is 0.559 bits per heavy atom. The van der Waals surface area contributed by atoms with E-state index in [-0.39, 0.29) is 29.8 Å². The number of aromatic nitrogens is 1. The van der Waals surface area contributed by atoms with Crippen LogP contribution in [0.4, 0.5) is 0 Å². The third kappa shape index (κ3) is 2.20. The van der Waals surface area contributed by atoms with Crippen molar-refractivity contribution in [3.63, 3.8) is 0 Å². The minimum Gasteiger partial charge on any atom is -0.454 e. The van der Waals surface area contributed by atoms with E-state index >= 15 is 0 Å². The van der Waals surface area contributed by atoms with E-state index in [9.17, 15) is 0 Å². The quantitative estimate of drug-likeness (QED) is 0.250. The van der Waals surface area contributed by atoms with Crippen molar-refractivity contribution in [1.82, 2.24) is 4.57 Å². The molecule has 2 nitrogen and oxygen atoms in total. The molecule has 0 saturated carbocycles. The van der Waals surface area contributed by atoms with Crippen molar-refractivity contribution in [2.45, 2.75) is 0 Å². The second-order valence-corrected chi connectivity index (χ2v) is 8.63. The van der Waals surface area contributed by atoms with E-state index in [0.717, 1.165) is 49.0 Å². The van der Waals surface area contributed by atoms with Gasteiger partial charge in [0.1, 0.15) is 5.58 Å². The predicted molar refractivity (Wildman–Crippen MR) is 143 cm³/mol. The van der Waals surface area contributed by atoms with Crippen molar-refractivity contribution in [2.24, 2.45) is 0 Å². The third-order valence-electron chi connectivity index (χ3n) is 6.88. The fourth-order valence-corrected chi connectivity index (χ4v) is 5.53. The number of hydrogen-bond acceptors (Lipinski definition) is 1. The highest BCUT2D eigenvalue weighted by molar-refractivity contribution is 6.36. The maximum Gasteiger partial charge on any atom is 0.160 e. The molecule has 0 aliphatic rings. The standard InChI is InChI=1S/C32H19NO/c1-2-11-21(12-3-1)33-30-22-13-5-4-10-20(22)18-19-26(30)28-23-14-6-7-15-24(23)29-25-16-8-9-17-27(25)34-32(29)31(28)33/h1-19H/i8D,9D,16D,17D. The van der Waals surface area contributed by atoms with Gasteiger partial charge in [-0.05, 0) is 34.3 Å². The van der Waals surface area contributed by atoms with Gasteiger partial charge in [-0.3, -0.25) is 0 Å². The summed E-state index contributed by atoms with van der Waals surface area (Å²) in [5, 5.41) is 7.40. The maximum atomic E-state index is 8.78. The summed E-state index contributed by atoms with van der Waals surface area (Å²) in [6.45, 7) is 0. The highest BCUT2D eigenvalue weighted by atomic mass is 16.3. The first-order chi connectivity index (χ1) is 18.6. The molecule has 34 heavy (non-hydrogen) atoms. The number of benzene rings is 6. The number of nitrogens with zero attached hydrogens (tertiary/aromatic N) is 1. The summed E-state index contributed by atoms with van der Waals surface area (Å²) in [6.07, 6.45) is 0. The van der Waals surface area contributed by atoms with E-state index in [0.29, 0.717) is 16.4 Å². The number of furan rings is 1. The molecule has 0 radical (unpaired) electrons. The van der Waals surface area contributed by atoms with Crippen LogP contribution >= 0.6 is 0 Å². The number of rotatable bonds is 1. The van der Waals surface area contributed by atoms with Crippen LogP contribution in [0.5, 0.6) is 0 Å². The van der Waals surface area contributed by atoms with Gasteiger partial charge in [0.25, 0.3) is 0 Å². The normalized spacial score (nSPS) is 13.8. The van der Waals surface area contributed by atoms with Crippen molar-refractivity contribution in [2.75, 3.05) is 0 Å². The Labute approximate surface area is 200 Å². The second-order valence-electron chi connectivity index (χ2n) is 8.63. The van der Waals surface area contributed by atoms with Crippen LogP contribution in [0, 0.1) is 0 Å². The van der Waals surface area contributed by atoms with Crippen LogP contribution in [-0.2, 0) is 0 Å². The lowest BCUT2D eigenvalue weighted by Crippen LogP contribution is -1.94. The summed E-state index contributed by atoms with van der Waals surface area (Å²) in [6, 6.07) is 30.1. The molecule has 0 bridgehead atoms. The molecule has 2 heterocycles. The van der Waals surface area contributed by atoms with Crippen molar-refractivity contribution in [3.05, 3.63) is 115 Å². The van der Waals surface area contributed by atoms with Gasteiger partial charge in [-0.2, -0.15) is 0 Å². The van der Waals surface area contributed by atoms with Gasteiger partial charge in [0, 0.05) is 32.6 Å². The van der Waals surface area contributed by atoms with E-state index in [2.05, 4.69) is 47.0 Å². The third-order valence-corrected chi connectivity index (χ3v) is 6.88. The van der Waals surface area contributed by atoms with E-state index in [1.165, 1.54) is 0 Å². The lowest BCUT2D eigenvalue weighted by Gasteiger charge is -2.10. The average Bonchev–Trinajstić information content (AvgIpc) is 3.53. The zero-order valence-corrected chi connectivity index (χ0v) is 18.0. The Kier molecular flexibility index (Phi) is 2.78. The summed E-state index contributed by atoms with van der Waals surface area (Å²) in [7, 11) is 0. The van der Waals surface area contributed by atoms with Gasteiger partial charge in [0.15, 0.2) is 5.58 Å². The monoisotopic (exact) mass is 437 g/mol. The molecule has 158 valence electrons. The van der Waals surface area contributed by atoms with Crippen LogP contribution < -0.4 is 0 Å². The van der Waals surface area contributed by atoms with Gasteiger partial charge in [0.2, 0.25) is 0 Å². The number of fused-ring (bicyclic) bond motifs is 12. The Morgan fingerprint density at radius 3 is 2.12 bits per heavy atom. The van der Waals surface area contributed by atoms with Crippen molar-refractivity contribution in [3.8, 4) is 5.69 Å². The molecule has 0 atom stereocenters. The van der Waals surface area contributed by atoms with Gasteiger partial charge >= 0.3 is 0 Å². The molecule has 2 heteroatoms. The molecule has 0 unspecified atom stereocenters. The Morgan fingerprint density at radius 2 is 1.26 bits per heavy atom. The molecule has 0 aliphatic carbocycles. The highest BCUT2D eigenvalue weighted by Gasteiger charge is 2.23. The molecule has 6 aromatic carbocycles. The first kappa shape index (κ1) is 14.6. The molecule has 0 aliphatic heterocycles. The van der Waals surface area contributed by atoms with Crippen LogP contribution in [0.25, 0.3) is 71.0 Å². The molecule has 0 fully saturated rings. The molecular formula is C32H19NO. The summed E-state index contributed by atoms with van der Waals surface area (Å²) in [5.41, 5.74) is 3.62. The molecule has 0 N–H and O–H groups in total. The zero-order chi connectivity index (χ0) is 25.7. The van der Waals surface area contributed by atoms with E-state index in [1.807, 2.05) is 48.5 Å². The SMILES string of the molecule is [2H]c1c([2H])c([2H])c2c(oc3c2c2ccccc2c2c4ccc5ccccc5c4n(-c4ccccc4)c32)c1[2H]. The molecule has 8 rings (SSSR count). The first-order valence-electron chi connectivity index (χ1n) is 13.3. The second kappa shape index (κ2) is 6.49. The number of para-hydroxylation sites is 2. The van der Waals surface area contributed by atoms with Gasteiger partial charge in [-0.25, -0.2) is 0 Å². The van der Waals surface area contributed by atoms with Crippen molar-refractivity contribution in [1.29, 1.82) is 0 Å². The topological polar surface area (TPSA) is 18.1 Å². The van der Waals surface area contributed by atoms with Gasteiger partial charge in [0.05, 0.1) is 16.5 Å². The summed E-state index contributed by atoms with van der Waals surface area (Å²) in [5.74, 6) is 0. The first-order valence-corrected chi connectivity index (χ1v) is 11.3. The Balaban J connectivity index is 1.79. The molecular weight excluding hydrogens is 414 g/mol. The molecule has 8 aromatic rings. The lowest BCUT2D eigenvalue weighted by atomic mass is 9.98. The smallest absolute Gasteiger partial charge is 0.160 e. The average molecular weight is 438 g/mol. The van der Waals surface area contributed by atoms with Crippen LogP contribution in [0.1, 0.15) is 5.48 Å². The van der Waals surface area contributed by atoms with Crippen molar-refractivity contribution < 1.29 is 9.90 Å². The highest BCUT2D eigenvalue weighted by Crippen LogP contribution is 2.46.